The van der Waals surface area contributed by atoms with Gasteiger partial charge in [0.15, 0.2) is 5.52 Å². The molecule has 10 nitrogen and oxygen atoms in total. The largest absolute Gasteiger partial charge is 0.493 e. The summed E-state index contributed by atoms with van der Waals surface area (Å²) < 4.78 is 35.7. The smallest absolute Gasteiger partial charge is 0.328 e. The molecule has 0 bridgehead atoms. The molecule has 1 fully saturated rings. The molecule has 36 heavy (non-hydrogen) atoms. The Kier molecular flexibility index (Phi) is 6.78. The Hall–Kier alpha value is -2.76. The number of quaternary nitrogens is 2. The van der Waals surface area contributed by atoms with E-state index in [1.54, 1.807) is 24.8 Å². The van der Waals surface area contributed by atoms with E-state index in [0.717, 1.165) is 12.1 Å². The number of aromatic nitrogens is 4. The summed E-state index contributed by atoms with van der Waals surface area (Å²) in [5.41, 5.74) is 1.98. The lowest BCUT2D eigenvalue weighted by atomic mass is 10.1. The Morgan fingerprint density at radius 3 is 2.39 bits per heavy atom. The van der Waals surface area contributed by atoms with Gasteiger partial charge in [-0.1, -0.05) is 13.3 Å². The van der Waals surface area contributed by atoms with Crippen LogP contribution in [0, 0.1) is 14.1 Å². The number of benzene rings is 1. The zero-order valence-electron chi connectivity index (χ0n) is 21.6. The molecular formula is C25H34N6O4S+2. The topological polar surface area (TPSA) is 96.1 Å². The van der Waals surface area contributed by atoms with Crippen molar-refractivity contribution in [2.24, 2.45) is 14.1 Å². The number of rotatable bonds is 7. The Morgan fingerprint density at radius 2 is 1.78 bits per heavy atom. The van der Waals surface area contributed by atoms with Gasteiger partial charge in [0.05, 0.1) is 24.9 Å². The third kappa shape index (κ3) is 4.33. The van der Waals surface area contributed by atoms with Crippen LogP contribution in [-0.4, -0.2) is 76.0 Å². The zero-order valence-corrected chi connectivity index (χ0v) is 22.4. The van der Waals surface area contributed by atoms with E-state index in [1.165, 1.54) is 16.7 Å². The van der Waals surface area contributed by atoms with Gasteiger partial charge in [-0.3, -0.25) is 14.0 Å². The van der Waals surface area contributed by atoms with E-state index in [0.29, 0.717) is 54.3 Å². The van der Waals surface area contributed by atoms with Crippen LogP contribution < -0.4 is 10.3 Å². The van der Waals surface area contributed by atoms with Gasteiger partial charge in [-0.2, -0.15) is 17.4 Å². The summed E-state index contributed by atoms with van der Waals surface area (Å²) in [5, 5.41) is 4.50. The summed E-state index contributed by atoms with van der Waals surface area (Å²) in [4.78, 5) is 18.1. The van der Waals surface area contributed by atoms with Crippen molar-refractivity contribution >= 4 is 21.1 Å². The summed E-state index contributed by atoms with van der Waals surface area (Å²) >= 11 is 0. The molecule has 192 valence electrons. The van der Waals surface area contributed by atoms with Crippen LogP contribution in [0.5, 0.6) is 5.75 Å². The first-order valence-corrected chi connectivity index (χ1v) is 13.5. The van der Waals surface area contributed by atoms with Crippen LogP contribution in [0.1, 0.15) is 26.0 Å². The standard InChI is InChI=1S/C25H34N6O4S/c1-8-10-20-22-23(29(4)27-20)25(32)28(3)24(26-22)19-12-11-18(17-21(19)35-9-2)36(33,34)31(7)15-13-30(5,6)14-16-31/h5,7,11-12,17H,8-10,13-16H2,1-4,6H3/q+2. The maximum absolute atomic E-state index is 13.6. The van der Waals surface area contributed by atoms with Crippen molar-refractivity contribution in [3.63, 3.8) is 0 Å². The maximum atomic E-state index is 13.6. The average Bonchev–Trinajstić information content (AvgIpc) is 3.13. The van der Waals surface area contributed by atoms with Crippen molar-refractivity contribution in [2.75, 3.05) is 39.8 Å². The number of aryl methyl sites for hydroxylation is 2. The Labute approximate surface area is 213 Å². The number of hydrogen-bond donors (Lipinski definition) is 0. The van der Waals surface area contributed by atoms with Crippen LogP contribution in [0.25, 0.3) is 22.4 Å². The molecule has 1 aliphatic heterocycles. The lowest BCUT2D eigenvalue weighted by molar-refractivity contribution is -0.938. The Balaban J connectivity index is 1.85. The summed E-state index contributed by atoms with van der Waals surface area (Å²) in [5.74, 6) is 0.681. The molecule has 0 N–H and O–H groups in total. The van der Waals surface area contributed by atoms with Gasteiger partial charge in [0, 0.05) is 20.2 Å². The minimum atomic E-state index is -3.95. The SMILES string of the molecule is [CH][N+]1(C)CC[N+]([CH])(S(=O)(=O)c2ccc(-c3nc4c(CCC)nn(C)c4c(=O)n3C)c(OCC)c2)CC1. The first-order valence-electron chi connectivity index (χ1n) is 12.1. The highest BCUT2D eigenvalue weighted by Gasteiger charge is 2.46. The fourth-order valence-corrected chi connectivity index (χ4v) is 6.16. The minimum Gasteiger partial charge on any atom is -0.493 e. The van der Waals surface area contributed by atoms with Crippen LogP contribution in [0.3, 0.4) is 0 Å². The van der Waals surface area contributed by atoms with E-state index < -0.39 is 13.9 Å². The number of sulfonamides is 1. The monoisotopic (exact) mass is 514 g/mol. The molecule has 0 atom stereocenters. The molecule has 0 spiro atoms. The second kappa shape index (κ2) is 9.28. The summed E-state index contributed by atoms with van der Waals surface area (Å²) in [6, 6.07) is 4.59. The second-order valence-corrected chi connectivity index (χ2v) is 11.9. The van der Waals surface area contributed by atoms with Crippen molar-refractivity contribution in [2.45, 2.75) is 31.6 Å². The zero-order chi connectivity index (χ0) is 26.5. The molecule has 1 saturated heterocycles. The number of hydrogen-bond acceptors (Lipinski definition) is 6. The number of nitrogens with zero attached hydrogens (tertiary/aromatic N) is 6. The highest BCUT2D eigenvalue weighted by atomic mass is 32.2. The summed E-state index contributed by atoms with van der Waals surface area (Å²) in [6.07, 6.45) is 1.54. The van der Waals surface area contributed by atoms with E-state index in [-0.39, 0.29) is 28.0 Å². The predicted octanol–water partition coefficient (Wildman–Crippen LogP) is 1.99. The fraction of sp³-hybridized carbons (Fsp3) is 0.480. The highest BCUT2D eigenvalue weighted by Crippen LogP contribution is 2.35. The summed E-state index contributed by atoms with van der Waals surface area (Å²) in [6.45, 7) is 5.39. The van der Waals surface area contributed by atoms with Gasteiger partial charge in [-0.15, -0.1) is 0 Å². The molecule has 3 aromatic rings. The molecule has 0 amide bonds. The molecule has 0 saturated carbocycles. The number of piperazine rings is 1. The van der Waals surface area contributed by atoms with Crippen LogP contribution in [0.15, 0.2) is 27.9 Å². The third-order valence-corrected chi connectivity index (χ3v) is 9.04. The van der Waals surface area contributed by atoms with Gasteiger partial charge < -0.3 is 9.22 Å². The molecular weight excluding hydrogens is 480 g/mol. The van der Waals surface area contributed by atoms with Gasteiger partial charge in [-0.05, 0) is 25.5 Å². The lowest BCUT2D eigenvalue weighted by Gasteiger charge is -2.41. The molecule has 1 aromatic carbocycles. The number of ether oxygens (including phenoxy) is 1. The molecule has 11 heteroatoms. The fourth-order valence-electron chi connectivity index (χ4n) is 4.60. The first-order chi connectivity index (χ1) is 16.8. The molecule has 2 aromatic heterocycles. The molecule has 4 rings (SSSR count). The first kappa shape index (κ1) is 26.3. The quantitative estimate of drug-likeness (QED) is 0.448. The lowest BCUT2D eigenvalue weighted by Crippen LogP contribution is -2.62. The molecule has 0 unspecified atom stereocenters. The Bertz CT molecular complexity index is 1460. The van der Waals surface area contributed by atoms with Crippen LogP contribution in [0.4, 0.5) is 0 Å². The molecule has 4 radical (unpaired) electrons. The molecule has 3 heterocycles. The highest BCUT2D eigenvalue weighted by molar-refractivity contribution is 7.86. The third-order valence-electron chi connectivity index (χ3n) is 6.87. The second-order valence-electron chi connectivity index (χ2n) is 9.71. The van der Waals surface area contributed by atoms with Crippen molar-refractivity contribution in [3.05, 3.63) is 48.3 Å². The van der Waals surface area contributed by atoms with Crippen molar-refractivity contribution in [1.82, 2.24) is 19.3 Å². The van der Waals surface area contributed by atoms with Crippen molar-refractivity contribution < 1.29 is 21.5 Å². The van der Waals surface area contributed by atoms with Gasteiger partial charge in [0.2, 0.25) is 14.1 Å². The van der Waals surface area contributed by atoms with E-state index in [9.17, 15) is 13.2 Å². The van der Waals surface area contributed by atoms with Crippen molar-refractivity contribution in [1.29, 1.82) is 0 Å². The Morgan fingerprint density at radius 1 is 1.11 bits per heavy atom. The van der Waals surface area contributed by atoms with E-state index in [4.69, 9.17) is 23.8 Å². The maximum Gasteiger partial charge on any atom is 0.328 e. The van der Waals surface area contributed by atoms with Gasteiger partial charge in [0.1, 0.15) is 48.2 Å². The average molecular weight is 515 g/mol. The van der Waals surface area contributed by atoms with Crippen LogP contribution in [-0.2, 0) is 30.5 Å². The van der Waals surface area contributed by atoms with E-state index in [2.05, 4.69) is 5.10 Å². The van der Waals surface area contributed by atoms with Gasteiger partial charge in [-0.25, -0.2) is 4.98 Å². The summed E-state index contributed by atoms with van der Waals surface area (Å²) in [7, 11) is 13.8. The van der Waals surface area contributed by atoms with E-state index >= 15 is 0 Å². The van der Waals surface area contributed by atoms with E-state index in [1.807, 2.05) is 20.9 Å². The predicted molar refractivity (Wildman–Crippen MR) is 136 cm³/mol. The van der Waals surface area contributed by atoms with Crippen LogP contribution in [0.2, 0.25) is 0 Å². The van der Waals surface area contributed by atoms with Crippen LogP contribution >= 0.6 is 0 Å². The van der Waals surface area contributed by atoms with Gasteiger partial charge in [0.25, 0.3) is 5.56 Å². The van der Waals surface area contributed by atoms with Crippen molar-refractivity contribution in [3.8, 4) is 17.1 Å². The molecule has 1 aliphatic rings. The number of fused-ring (bicyclic) bond motifs is 1. The number of likely N-dealkylation sites (N-methyl/N-ethyl adjacent to an activating group) is 1. The molecule has 0 aliphatic carbocycles. The minimum absolute atomic E-state index is 0.0458. The normalized spacial score (nSPS) is 17.4. The van der Waals surface area contributed by atoms with Gasteiger partial charge >= 0.3 is 10.0 Å².